The number of hydrogen-bond donors (Lipinski definition) is 2. The fraction of sp³-hybridized carbons (Fsp3) is 0.389. The van der Waals surface area contributed by atoms with Gasteiger partial charge in [-0.25, -0.2) is 14.8 Å². The predicted octanol–water partition coefficient (Wildman–Crippen LogP) is 2.61. The first kappa shape index (κ1) is 19.2. The molecule has 2 N–H and O–H groups in total. The second kappa shape index (κ2) is 8.88. The third kappa shape index (κ3) is 5.21. The van der Waals surface area contributed by atoms with Crippen LogP contribution < -0.4 is 20.3 Å². The van der Waals surface area contributed by atoms with Crippen LogP contribution >= 0.6 is 11.6 Å². The molecule has 1 aliphatic rings. The number of morpholine rings is 1. The summed E-state index contributed by atoms with van der Waals surface area (Å²) in [4.78, 5) is 23.3. The Balaban J connectivity index is 1.60. The Kier molecular flexibility index (Phi) is 6.31. The van der Waals surface area contributed by atoms with Gasteiger partial charge in [-0.3, -0.25) is 0 Å². The lowest BCUT2D eigenvalue weighted by Crippen LogP contribution is -2.37. The molecule has 144 valence electrons. The van der Waals surface area contributed by atoms with E-state index in [1.165, 1.54) is 7.11 Å². The largest absolute Gasteiger partial charge is 0.495 e. The Morgan fingerprint density at radius 2 is 2.07 bits per heavy atom. The number of urea groups is 1. The van der Waals surface area contributed by atoms with Gasteiger partial charge in [-0.05, 0) is 25.1 Å². The number of halogens is 1. The van der Waals surface area contributed by atoms with Gasteiger partial charge in [-0.1, -0.05) is 11.6 Å². The summed E-state index contributed by atoms with van der Waals surface area (Å²) in [6.45, 7) is 5.05. The maximum atomic E-state index is 12.2. The molecular weight excluding hydrogens is 370 g/mol. The lowest BCUT2D eigenvalue weighted by molar-refractivity contribution is 0.122. The molecule has 1 fully saturated rings. The van der Waals surface area contributed by atoms with Gasteiger partial charge in [0.1, 0.15) is 5.75 Å². The fourth-order valence-electron chi connectivity index (χ4n) is 2.70. The van der Waals surface area contributed by atoms with Crippen molar-refractivity contribution in [3.63, 3.8) is 0 Å². The highest BCUT2D eigenvalue weighted by Gasteiger charge is 2.15. The summed E-state index contributed by atoms with van der Waals surface area (Å²) >= 11 is 5.99. The topological polar surface area (TPSA) is 88.6 Å². The summed E-state index contributed by atoms with van der Waals surface area (Å²) in [7, 11) is 1.52. The number of hydrogen-bond acceptors (Lipinski definition) is 6. The third-order valence-corrected chi connectivity index (χ3v) is 4.34. The molecule has 0 saturated carbocycles. The molecule has 8 nitrogen and oxygen atoms in total. The van der Waals surface area contributed by atoms with Crippen LogP contribution in [0, 0.1) is 6.92 Å². The standard InChI is InChI=1S/C18H22ClN5O3/c1-12-9-14(22-17(21-12)24-5-7-27-8-6-24)11-20-18(25)23-13-3-4-15(19)16(10-13)26-2/h3-4,9-10H,5-8,11H2,1-2H3,(H2,20,23,25). The molecule has 1 aromatic heterocycles. The van der Waals surface area contributed by atoms with Gasteiger partial charge in [-0.15, -0.1) is 0 Å². The van der Waals surface area contributed by atoms with E-state index in [2.05, 4.69) is 25.5 Å². The number of nitrogens with zero attached hydrogens (tertiary/aromatic N) is 3. The summed E-state index contributed by atoms with van der Waals surface area (Å²) < 4.78 is 10.5. The molecule has 1 saturated heterocycles. The molecule has 1 aliphatic heterocycles. The zero-order valence-electron chi connectivity index (χ0n) is 15.3. The van der Waals surface area contributed by atoms with Crippen LogP contribution in [-0.2, 0) is 11.3 Å². The third-order valence-electron chi connectivity index (χ3n) is 4.03. The van der Waals surface area contributed by atoms with Crippen molar-refractivity contribution >= 4 is 29.3 Å². The number of aryl methyl sites for hydroxylation is 1. The van der Waals surface area contributed by atoms with Crippen LogP contribution in [-0.4, -0.2) is 49.4 Å². The Morgan fingerprint density at radius 3 is 2.81 bits per heavy atom. The molecular formula is C18H22ClN5O3. The van der Waals surface area contributed by atoms with Gasteiger partial charge < -0.3 is 25.0 Å². The molecule has 0 aliphatic carbocycles. The first-order chi connectivity index (χ1) is 13.0. The van der Waals surface area contributed by atoms with Gasteiger partial charge in [0, 0.05) is 30.5 Å². The van der Waals surface area contributed by atoms with Gasteiger partial charge >= 0.3 is 6.03 Å². The number of anilines is 2. The SMILES string of the molecule is COc1cc(NC(=O)NCc2cc(C)nc(N3CCOCC3)n2)ccc1Cl. The Morgan fingerprint density at radius 1 is 1.30 bits per heavy atom. The normalized spacial score (nSPS) is 14.0. The van der Waals surface area contributed by atoms with Gasteiger partial charge in [0.25, 0.3) is 0 Å². The number of benzene rings is 1. The van der Waals surface area contributed by atoms with Gasteiger partial charge in [0.05, 0.1) is 37.6 Å². The molecule has 0 unspecified atom stereocenters. The molecule has 0 spiro atoms. The van der Waals surface area contributed by atoms with Crippen LogP contribution in [0.1, 0.15) is 11.4 Å². The highest BCUT2D eigenvalue weighted by atomic mass is 35.5. The van der Waals surface area contributed by atoms with Crippen LogP contribution in [0.15, 0.2) is 24.3 Å². The van der Waals surface area contributed by atoms with E-state index in [4.69, 9.17) is 21.1 Å². The van der Waals surface area contributed by atoms with E-state index in [1.807, 2.05) is 13.0 Å². The predicted molar refractivity (Wildman–Crippen MR) is 104 cm³/mol. The molecule has 2 heterocycles. The smallest absolute Gasteiger partial charge is 0.319 e. The maximum Gasteiger partial charge on any atom is 0.319 e. The molecule has 9 heteroatoms. The zero-order valence-corrected chi connectivity index (χ0v) is 16.0. The lowest BCUT2D eigenvalue weighted by atomic mass is 10.3. The average Bonchev–Trinajstić information content (AvgIpc) is 2.68. The summed E-state index contributed by atoms with van der Waals surface area (Å²) in [5.41, 5.74) is 2.18. The van der Waals surface area contributed by atoms with Crippen molar-refractivity contribution in [3.05, 3.63) is 40.7 Å². The fourth-order valence-corrected chi connectivity index (χ4v) is 2.89. The van der Waals surface area contributed by atoms with Crippen LogP contribution in [0.2, 0.25) is 5.02 Å². The minimum atomic E-state index is -0.344. The lowest BCUT2D eigenvalue weighted by Gasteiger charge is -2.27. The first-order valence-corrected chi connectivity index (χ1v) is 8.98. The van der Waals surface area contributed by atoms with Crippen molar-refractivity contribution < 1.29 is 14.3 Å². The summed E-state index contributed by atoms with van der Waals surface area (Å²) in [5.74, 6) is 1.16. The van der Waals surface area contributed by atoms with Crippen molar-refractivity contribution in [3.8, 4) is 5.75 Å². The molecule has 0 bridgehead atoms. The van der Waals surface area contributed by atoms with E-state index in [0.29, 0.717) is 35.6 Å². The number of ether oxygens (including phenoxy) is 2. The number of rotatable bonds is 5. The van der Waals surface area contributed by atoms with Crippen LogP contribution in [0.3, 0.4) is 0 Å². The minimum absolute atomic E-state index is 0.289. The van der Waals surface area contributed by atoms with Crippen molar-refractivity contribution in [2.75, 3.05) is 43.6 Å². The van der Waals surface area contributed by atoms with Gasteiger partial charge in [0.15, 0.2) is 0 Å². The van der Waals surface area contributed by atoms with Crippen molar-refractivity contribution in [2.24, 2.45) is 0 Å². The highest BCUT2D eigenvalue weighted by Crippen LogP contribution is 2.27. The van der Waals surface area contributed by atoms with Crippen molar-refractivity contribution in [1.82, 2.24) is 15.3 Å². The monoisotopic (exact) mass is 391 g/mol. The number of carbonyl (C=O) groups excluding carboxylic acids is 1. The maximum absolute atomic E-state index is 12.2. The second-order valence-corrected chi connectivity index (χ2v) is 6.46. The van der Waals surface area contributed by atoms with Crippen molar-refractivity contribution in [2.45, 2.75) is 13.5 Å². The average molecular weight is 392 g/mol. The molecule has 2 amide bonds. The van der Waals surface area contributed by atoms with E-state index >= 15 is 0 Å². The number of amides is 2. The first-order valence-electron chi connectivity index (χ1n) is 8.61. The number of carbonyl (C=O) groups is 1. The Labute approximate surface area is 162 Å². The van der Waals surface area contributed by atoms with E-state index < -0.39 is 0 Å². The summed E-state index contributed by atoms with van der Waals surface area (Å²) in [6.07, 6.45) is 0. The van der Waals surface area contributed by atoms with E-state index in [9.17, 15) is 4.79 Å². The number of aromatic nitrogens is 2. The summed E-state index contributed by atoms with van der Waals surface area (Å²) in [6, 6.07) is 6.54. The van der Waals surface area contributed by atoms with Gasteiger partial charge in [0.2, 0.25) is 5.95 Å². The Bertz CT molecular complexity index is 812. The molecule has 3 rings (SSSR count). The van der Waals surface area contributed by atoms with E-state index in [1.54, 1.807) is 18.2 Å². The minimum Gasteiger partial charge on any atom is -0.495 e. The molecule has 0 radical (unpaired) electrons. The number of methoxy groups -OCH3 is 1. The van der Waals surface area contributed by atoms with E-state index in [0.717, 1.165) is 24.5 Å². The number of nitrogens with one attached hydrogen (secondary N) is 2. The van der Waals surface area contributed by atoms with Gasteiger partial charge in [-0.2, -0.15) is 0 Å². The quantitative estimate of drug-likeness (QED) is 0.814. The van der Waals surface area contributed by atoms with E-state index in [-0.39, 0.29) is 12.6 Å². The highest BCUT2D eigenvalue weighted by molar-refractivity contribution is 6.32. The second-order valence-electron chi connectivity index (χ2n) is 6.06. The van der Waals surface area contributed by atoms with Crippen LogP contribution in [0.25, 0.3) is 0 Å². The molecule has 27 heavy (non-hydrogen) atoms. The zero-order chi connectivity index (χ0) is 19.2. The van der Waals surface area contributed by atoms with Crippen LogP contribution in [0.5, 0.6) is 5.75 Å². The van der Waals surface area contributed by atoms with Crippen molar-refractivity contribution in [1.29, 1.82) is 0 Å². The molecule has 2 aromatic rings. The molecule has 0 atom stereocenters. The van der Waals surface area contributed by atoms with Crippen LogP contribution in [0.4, 0.5) is 16.4 Å². The molecule has 1 aromatic carbocycles. The Hall–Kier alpha value is -2.58. The summed E-state index contributed by atoms with van der Waals surface area (Å²) in [5, 5.41) is 6.03.